The van der Waals surface area contributed by atoms with E-state index in [1.165, 1.54) is 6.20 Å². The Morgan fingerprint density at radius 1 is 1.26 bits per heavy atom. The van der Waals surface area contributed by atoms with E-state index in [1.807, 2.05) is 25.2 Å². The molecule has 162 valence electrons. The van der Waals surface area contributed by atoms with Gasteiger partial charge in [-0.05, 0) is 55.0 Å². The first-order valence-corrected chi connectivity index (χ1v) is 11.1. The third kappa shape index (κ3) is 4.32. The number of fused-ring (bicyclic) bond motifs is 1. The Hall–Kier alpha value is -3.20. The number of thiazole rings is 1. The van der Waals surface area contributed by atoms with Crippen LogP contribution in [0.15, 0.2) is 30.5 Å². The predicted molar refractivity (Wildman–Crippen MR) is 124 cm³/mol. The van der Waals surface area contributed by atoms with Crippen LogP contribution in [0.3, 0.4) is 0 Å². The third-order valence-corrected chi connectivity index (χ3v) is 6.71. The zero-order valence-corrected chi connectivity index (χ0v) is 18.6. The third-order valence-electron chi connectivity index (χ3n) is 5.66. The molecule has 2 unspecified atom stereocenters. The largest absolute Gasteiger partial charge is 0.383 e. The minimum Gasteiger partial charge on any atom is -0.383 e. The Morgan fingerprint density at radius 3 is 2.81 bits per heavy atom. The Kier molecular flexibility index (Phi) is 5.77. The van der Waals surface area contributed by atoms with Crippen molar-refractivity contribution < 1.29 is 9.59 Å². The number of pyridine rings is 1. The highest BCUT2D eigenvalue weighted by Crippen LogP contribution is 2.36. The molecule has 8 nitrogen and oxygen atoms in total. The number of hydrogen-bond acceptors (Lipinski definition) is 7. The number of nitrogens with one attached hydrogen (secondary N) is 2. The second-order valence-corrected chi connectivity index (χ2v) is 9.06. The highest BCUT2D eigenvalue weighted by atomic mass is 32.1. The number of anilines is 3. The summed E-state index contributed by atoms with van der Waals surface area (Å²) in [7, 11) is 1.85. The summed E-state index contributed by atoms with van der Waals surface area (Å²) in [5, 5.41) is 6.59. The molecule has 0 radical (unpaired) electrons. The van der Waals surface area contributed by atoms with Crippen molar-refractivity contribution in [2.24, 2.45) is 5.92 Å². The van der Waals surface area contributed by atoms with Gasteiger partial charge in [0, 0.05) is 13.6 Å². The van der Waals surface area contributed by atoms with Gasteiger partial charge < -0.3 is 21.3 Å². The van der Waals surface area contributed by atoms with Crippen molar-refractivity contribution in [3.8, 4) is 0 Å². The standard InChI is InChI=1S/C22H26N6O2S/c1-12-4-6-17(14-5-7-18-16(9-14)27-22(24-3)31-18)28(11-12)21(30)20(29)26-15-8-13(2)19(23)25-10-15/h5,7-10,12,17H,4,6,11H2,1-3H3,(H2,23,25)(H,24,27)(H,26,29). The summed E-state index contributed by atoms with van der Waals surface area (Å²) >= 11 is 1.59. The second-order valence-electron chi connectivity index (χ2n) is 8.03. The molecule has 1 aliphatic rings. The van der Waals surface area contributed by atoms with E-state index < -0.39 is 11.8 Å². The van der Waals surface area contributed by atoms with Crippen LogP contribution in [-0.4, -0.2) is 40.3 Å². The van der Waals surface area contributed by atoms with Crippen LogP contribution in [0.1, 0.15) is 36.9 Å². The summed E-state index contributed by atoms with van der Waals surface area (Å²) < 4.78 is 1.08. The van der Waals surface area contributed by atoms with Crippen LogP contribution in [0.25, 0.3) is 10.2 Å². The molecule has 3 heterocycles. The Bertz CT molecular complexity index is 1140. The first-order chi connectivity index (χ1) is 14.9. The number of nitrogens with two attached hydrogens (primary N) is 1. The molecule has 31 heavy (non-hydrogen) atoms. The number of nitrogen functional groups attached to an aromatic ring is 1. The van der Waals surface area contributed by atoms with Crippen molar-refractivity contribution in [1.29, 1.82) is 0 Å². The molecule has 1 fully saturated rings. The molecule has 1 aromatic carbocycles. The minimum atomic E-state index is -0.669. The van der Waals surface area contributed by atoms with E-state index in [9.17, 15) is 9.59 Å². The number of aromatic nitrogens is 2. The number of amides is 2. The van der Waals surface area contributed by atoms with Crippen LogP contribution < -0.4 is 16.4 Å². The van der Waals surface area contributed by atoms with E-state index in [4.69, 9.17) is 5.73 Å². The molecule has 0 aliphatic carbocycles. The summed E-state index contributed by atoms with van der Waals surface area (Å²) in [6.07, 6.45) is 3.25. The van der Waals surface area contributed by atoms with Gasteiger partial charge in [-0.15, -0.1) is 0 Å². The lowest BCUT2D eigenvalue weighted by molar-refractivity contribution is -0.146. The highest BCUT2D eigenvalue weighted by molar-refractivity contribution is 7.22. The van der Waals surface area contributed by atoms with Crippen molar-refractivity contribution in [3.05, 3.63) is 41.6 Å². The zero-order valence-electron chi connectivity index (χ0n) is 17.8. The van der Waals surface area contributed by atoms with Gasteiger partial charge in [-0.25, -0.2) is 9.97 Å². The van der Waals surface area contributed by atoms with Gasteiger partial charge in [0.05, 0.1) is 28.1 Å². The molecule has 1 saturated heterocycles. The second kappa shape index (κ2) is 8.50. The fraction of sp³-hybridized carbons (Fsp3) is 0.364. The summed E-state index contributed by atoms with van der Waals surface area (Å²) in [4.78, 5) is 36.2. The summed E-state index contributed by atoms with van der Waals surface area (Å²) in [5.74, 6) is -0.488. The molecule has 2 atom stereocenters. The molecule has 3 aromatic rings. The number of aryl methyl sites for hydroxylation is 1. The summed E-state index contributed by atoms with van der Waals surface area (Å²) in [6, 6.07) is 7.64. The first kappa shape index (κ1) is 21.0. The number of carbonyl (C=O) groups excluding carboxylic acids is 2. The normalized spacial score (nSPS) is 18.7. The summed E-state index contributed by atoms with van der Waals surface area (Å²) in [6.45, 7) is 4.44. The molecule has 4 N–H and O–H groups in total. The van der Waals surface area contributed by atoms with Gasteiger partial charge >= 0.3 is 11.8 Å². The number of likely N-dealkylation sites (tertiary alicyclic amines) is 1. The molecule has 4 rings (SSSR count). The quantitative estimate of drug-likeness (QED) is 0.539. The number of piperidine rings is 1. The topological polar surface area (TPSA) is 113 Å². The number of benzene rings is 1. The lowest BCUT2D eigenvalue weighted by Gasteiger charge is -2.38. The molecular weight excluding hydrogens is 412 g/mol. The molecule has 9 heteroatoms. The molecule has 1 aliphatic heterocycles. The van der Waals surface area contributed by atoms with Gasteiger partial charge in [0.15, 0.2) is 5.13 Å². The van der Waals surface area contributed by atoms with Crippen LogP contribution in [0.2, 0.25) is 0 Å². The lowest BCUT2D eigenvalue weighted by Crippen LogP contribution is -2.46. The number of rotatable bonds is 3. The van der Waals surface area contributed by atoms with Gasteiger partial charge in [0.2, 0.25) is 0 Å². The maximum absolute atomic E-state index is 13.1. The van der Waals surface area contributed by atoms with E-state index in [2.05, 4.69) is 27.5 Å². The molecule has 0 spiro atoms. The van der Waals surface area contributed by atoms with Gasteiger partial charge in [-0.1, -0.05) is 24.3 Å². The van der Waals surface area contributed by atoms with E-state index in [0.29, 0.717) is 24.0 Å². The van der Waals surface area contributed by atoms with Gasteiger partial charge in [-0.3, -0.25) is 9.59 Å². The van der Waals surface area contributed by atoms with Gasteiger partial charge in [0.1, 0.15) is 5.82 Å². The van der Waals surface area contributed by atoms with Crippen molar-refractivity contribution in [2.75, 3.05) is 30.0 Å². The number of nitrogens with zero attached hydrogens (tertiary/aromatic N) is 3. The fourth-order valence-electron chi connectivity index (χ4n) is 3.95. The van der Waals surface area contributed by atoms with Crippen LogP contribution in [0, 0.1) is 12.8 Å². The number of hydrogen-bond donors (Lipinski definition) is 3. The minimum absolute atomic E-state index is 0.162. The average molecular weight is 439 g/mol. The van der Waals surface area contributed by atoms with Crippen LogP contribution in [0.5, 0.6) is 0 Å². The van der Waals surface area contributed by atoms with Crippen molar-refractivity contribution >= 4 is 50.0 Å². The molecule has 2 aromatic heterocycles. The zero-order chi connectivity index (χ0) is 22.1. The number of carbonyl (C=O) groups is 2. The molecule has 0 saturated carbocycles. The average Bonchev–Trinajstić information content (AvgIpc) is 3.18. The summed E-state index contributed by atoms with van der Waals surface area (Å²) in [5.41, 5.74) is 8.83. The van der Waals surface area contributed by atoms with Crippen LogP contribution in [-0.2, 0) is 9.59 Å². The lowest BCUT2D eigenvalue weighted by atomic mass is 9.89. The fourth-order valence-corrected chi connectivity index (χ4v) is 4.75. The van der Waals surface area contributed by atoms with E-state index in [0.717, 1.165) is 39.3 Å². The van der Waals surface area contributed by atoms with Crippen LogP contribution >= 0.6 is 11.3 Å². The van der Waals surface area contributed by atoms with E-state index >= 15 is 0 Å². The monoisotopic (exact) mass is 438 g/mol. The van der Waals surface area contributed by atoms with Gasteiger partial charge in [-0.2, -0.15) is 0 Å². The van der Waals surface area contributed by atoms with Crippen molar-refractivity contribution in [1.82, 2.24) is 14.9 Å². The predicted octanol–water partition coefficient (Wildman–Crippen LogP) is 3.56. The molecule has 2 amide bonds. The van der Waals surface area contributed by atoms with Gasteiger partial charge in [0.25, 0.3) is 0 Å². The van der Waals surface area contributed by atoms with Crippen molar-refractivity contribution in [2.45, 2.75) is 32.7 Å². The molecule has 0 bridgehead atoms. The first-order valence-electron chi connectivity index (χ1n) is 10.3. The van der Waals surface area contributed by atoms with Crippen molar-refractivity contribution in [3.63, 3.8) is 0 Å². The Balaban J connectivity index is 1.58. The van der Waals surface area contributed by atoms with Crippen LogP contribution in [0.4, 0.5) is 16.6 Å². The van der Waals surface area contributed by atoms with E-state index in [1.54, 1.807) is 29.2 Å². The maximum atomic E-state index is 13.1. The molecular formula is C22H26N6O2S. The van der Waals surface area contributed by atoms with E-state index in [-0.39, 0.29) is 6.04 Å². The Morgan fingerprint density at radius 2 is 2.06 bits per heavy atom. The smallest absolute Gasteiger partial charge is 0.313 e. The highest BCUT2D eigenvalue weighted by Gasteiger charge is 2.34. The maximum Gasteiger partial charge on any atom is 0.313 e. The Labute approximate surface area is 184 Å². The SMILES string of the molecule is CNc1nc2cc(C3CCC(C)CN3C(=O)C(=O)Nc3cnc(N)c(C)c3)ccc2s1.